The zero-order chi connectivity index (χ0) is 15.0. The van der Waals surface area contributed by atoms with Gasteiger partial charge in [-0.2, -0.15) is 5.10 Å². The molecular weight excluding hydrogens is 272 g/mol. The number of nitro benzene ring substituents is 1. The maximum absolute atomic E-state index is 10.7. The highest BCUT2D eigenvalue weighted by Gasteiger charge is 2.12. The van der Waals surface area contributed by atoms with E-state index in [1.54, 1.807) is 36.1 Å². The number of rotatable bonds is 3. The van der Waals surface area contributed by atoms with Crippen LogP contribution in [0.4, 0.5) is 11.5 Å². The van der Waals surface area contributed by atoms with Crippen molar-refractivity contribution in [3.8, 4) is 11.4 Å². The third-order valence-corrected chi connectivity index (χ3v) is 3.22. The zero-order valence-electron chi connectivity index (χ0n) is 11.2. The number of fused-ring (bicyclic) bond motifs is 1. The number of methoxy groups -OCH3 is 1. The molecule has 0 aliphatic rings. The second-order valence-electron chi connectivity index (χ2n) is 4.45. The SMILES string of the molecule is COc1ccc2nn(-c3ccc([N+](=O)[O-])cc3)c(N)c2c1. The van der Waals surface area contributed by atoms with Crippen molar-refractivity contribution >= 4 is 22.4 Å². The van der Waals surface area contributed by atoms with E-state index in [4.69, 9.17) is 10.5 Å². The first-order valence-electron chi connectivity index (χ1n) is 6.17. The van der Waals surface area contributed by atoms with Crippen LogP contribution in [0.2, 0.25) is 0 Å². The molecule has 21 heavy (non-hydrogen) atoms. The fourth-order valence-electron chi connectivity index (χ4n) is 2.12. The molecule has 3 aromatic rings. The molecule has 0 spiro atoms. The van der Waals surface area contributed by atoms with Gasteiger partial charge >= 0.3 is 0 Å². The predicted molar refractivity (Wildman–Crippen MR) is 78.7 cm³/mol. The van der Waals surface area contributed by atoms with E-state index in [1.165, 1.54) is 12.1 Å². The lowest BCUT2D eigenvalue weighted by Crippen LogP contribution is -2.01. The summed E-state index contributed by atoms with van der Waals surface area (Å²) in [5.74, 6) is 1.15. The topological polar surface area (TPSA) is 96.2 Å². The minimum atomic E-state index is -0.447. The van der Waals surface area contributed by atoms with Crippen LogP contribution in [0, 0.1) is 10.1 Å². The minimum absolute atomic E-state index is 0.0238. The monoisotopic (exact) mass is 284 g/mol. The maximum atomic E-state index is 10.7. The lowest BCUT2D eigenvalue weighted by Gasteiger charge is -2.03. The lowest BCUT2D eigenvalue weighted by atomic mass is 10.2. The smallest absolute Gasteiger partial charge is 0.269 e. The summed E-state index contributed by atoms with van der Waals surface area (Å²) >= 11 is 0. The summed E-state index contributed by atoms with van der Waals surface area (Å²) in [6.07, 6.45) is 0. The number of anilines is 1. The van der Waals surface area contributed by atoms with Crippen molar-refractivity contribution in [1.29, 1.82) is 0 Å². The molecule has 0 aliphatic heterocycles. The Bertz CT molecular complexity index is 824. The second-order valence-corrected chi connectivity index (χ2v) is 4.45. The quantitative estimate of drug-likeness (QED) is 0.589. The summed E-state index contributed by atoms with van der Waals surface area (Å²) in [5, 5.41) is 15.8. The molecule has 0 radical (unpaired) electrons. The largest absolute Gasteiger partial charge is 0.497 e. The van der Waals surface area contributed by atoms with Gasteiger partial charge in [0, 0.05) is 17.5 Å². The molecule has 1 aromatic heterocycles. The molecule has 0 aliphatic carbocycles. The maximum Gasteiger partial charge on any atom is 0.269 e. The first-order valence-corrected chi connectivity index (χ1v) is 6.17. The van der Waals surface area contributed by atoms with Gasteiger partial charge in [0.05, 0.1) is 23.2 Å². The fourth-order valence-corrected chi connectivity index (χ4v) is 2.12. The average molecular weight is 284 g/mol. The van der Waals surface area contributed by atoms with Crippen molar-refractivity contribution in [2.45, 2.75) is 0 Å². The van der Waals surface area contributed by atoms with Crippen LogP contribution in [-0.2, 0) is 0 Å². The van der Waals surface area contributed by atoms with Gasteiger partial charge in [-0.1, -0.05) is 0 Å². The molecule has 0 bridgehead atoms. The Balaban J connectivity index is 2.11. The van der Waals surface area contributed by atoms with Crippen LogP contribution in [0.1, 0.15) is 0 Å². The Kier molecular flexibility index (Phi) is 2.94. The van der Waals surface area contributed by atoms with Gasteiger partial charge in [-0.3, -0.25) is 10.1 Å². The van der Waals surface area contributed by atoms with Crippen LogP contribution in [0.15, 0.2) is 42.5 Å². The molecule has 0 fully saturated rings. The van der Waals surface area contributed by atoms with Crippen LogP contribution < -0.4 is 10.5 Å². The molecule has 2 N–H and O–H groups in total. The van der Waals surface area contributed by atoms with Crippen LogP contribution in [0.25, 0.3) is 16.6 Å². The van der Waals surface area contributed by atoms with E-state index >= 15 is 0 Å². The molecule has 2 aromatic carbocycles. The summed E-state index contributed by atoms with van der Waals surface area (Å²) in [6.45, 7) is 0. The van der Waals surface area contributed by atoms with Gasteiger partial charge in [-0.25, -0.2) is 4.68 Å². The van der Waals surface area contributed by atoms with Crippen molar-refractivity contribution in [1.82, 2.24) is 9.78 Å². The molecule has 0 atom stereocenters. The van der Waals surface area contributed by atoms with Gasteiger partial charge in [0.25, 0.3) is 5.69 Å². The van der Waals surface area contributed by atoms with Gasteiger partial charge < -0.3 is 10.5 Å². The van der Waals surface area contributed by atoms with Crippen LogP contribution in [0.5, 0.6) is 5.75 Å². The molecule has 0 saturated heterocycles. The number of hydrogen-bond acceptors (Lipinski definition) is 5. The highest BCUT2D eigenvalue weighted by molar-refractivity contribution is 5.91. The van der Waals surface area contributed by atoms with Crippen molar-refractivity contribution in [3.05, 3.63) is 52.6 Å². The zero-order valence-corrected chi connectivity index (χ0v) is 11.2. The van der Waals surface area contributed by atoms with E-state index in [1.807, 2.05) is 6.07 Å². The normalized spacial score (nSPS) is 10.7. The Morgan fingerprint density at radius 1 is 1.24 bits per heavy atom. The highest BCUT2D eigenvalue weighted by atomic mass is 16.6. The van der Waals surface area contributed by atoms with Gasteiger partial charge in [-0.15, -0.1) is 0 Å². The van der Waals surface area contributed by atoms with Crippen molar-refractivity contribution in [2.75, 3.05) is 12.8 Å². The Hall–Kier alpha value is -3.09. The van der Waals surface area contributed by atoms with Crippen LogP contribution >= 0.6 is 0 Å². The Morgan fingerprint density at radius 2 is 1.95 bits per heavy atom. The Labute approximate surface area is 119 Å². The standard InChI is InChI=1S/C14H12N4O3/c1-21-11-6-7-13-12(8-11)14(15)17(16-13)9-2-4-10(5-3-9)18(19)20/h2-8H,15H2,1H3. The number of nitro groups is 1. The summed E-state index contributed by atoms with van der Waals surface area (Å²) in [6, 6.07) is 11.5. The van der Waals surface area contributed by atoms with Crippen molar-refractivity contribution in [3.63, 3.8) is 0 Å². The summed E-state index contributed by atoms with van der Waals surface area (Å²) in [4.78, 5) is 10.2. The molecule has 0 saturated carbocycles. The number of ether oxygens (including phenoxy) is 1. The number of hydrogen-bond donors (Lipinski definition) is 1. The molecular formula is C14H12N4O3. The Morgan fingerprint density at radius 3 is 2.57 bits per heavy atom. The summed E-state index contributed by atoms with van der Waals surface area (Å²) in [7, 11) is 1.58. The third kappa shape index (κ3) is 2.14. The van der Waals surface area contributed by atoms with E-state index in [2.05, 4.69) is 5.10 Å². The van der Waals surface area contributed by atoms with Crippen LogP contribution in [-0.4, -0.2) is 21.8 Å². The molecule has 106 valence electrons. The van der Waals surface area contributed by atoms with E-state index < -0.39 is 4.92 Å². The summed E-state index contributed by atoms with van der Waals surface area (Å²) < 4.78 is 6.72. The molecule has 3 rings (SSSR count). The van der Waals surface area contributed by atoms with E-state index in [9.17, 15) is 10.1 Å². The first kappa shape index (κ1) is 12.9. The first-order chi connectivity index (χ1) is 10.1. The summed E-state index contributed by atoms with van der Waals surface area (Å²) in [5.41, 5.74) is 7.52. The molecule has 7 heteroatoms. The highest BCUT2D eigenvalue weighted by Crippen LogP contribution is 2.28. The van der Waals surface area contributed by atoms with Gasteiger partial charge in [0.1, 0.15) is 11.6 Å². The second kappa shape index (κ2) is 4.78. The number of nitrogens with two attached hydrogens (primary N) is 1. The molecule has 0 amide bonds. The van der Waals surface area contributed by atoms with Gasteiger partial charge in [0.15, 0.2) is 0 Å². The lowest BCUT2D eigenvalue weighted by molar-refractivity contribution is -0.384. The minimum Gasteiger partial charge on any atom is -0.497 e. The van der Waals surface area contributed by atoms with Crippen LogP contribution in [0.3, 0.4) is 0 Å². The predicted octanol–water partition coefficient (Wildman–Crippen LogP) is 2.52. The van der Waals surface area contributed by atoms with E-state index in [-0.39, 0.29) is 5.69 Å². The fraction of sp³-hybridized carbons (Fsp3) is 0.0714. The number of aromatic nitrogens is 2. The molecule has 1 heterocycles. The number of nitrogen functional groups attached to an aromatic ring is 1. The van der Waals surface area contributed by atoms with Crippen molar-refractivity contribution in [2.24, 2.45) is 0 Å². The molecule has 7 nitrogen and oxygen atoms in total. The third-order valence-electron chi connectivity index (χ3n) is 3.22. The van der Waals surface area contributed by atoms with E-state index in [0.29, 0.717) is 17.3 Å². The van der Waals surface area contributed by atoms with Gasteiger partial charge in [-0.05, 0) is 30.3 Å². The number of non-ortho nitro benzene ring substituents is 1. The molecule has 0 unspecified atom stereocenters. The van der Waals surface area contributed by atoms with E-state index in [0.717, 1.165) is 10.9 Å². The number of benzene rings is 2. The van der Waals surface area contributed by atoms with Crippen molar-refractivity contribution < 1.29 is 9.66 Å². The average Bonchev–Trinajstić information content (AvgIpc) is 2.84. The number of nitrogens with zero attached hydrogens (tertiary/aromatic N) is 3. The van der Waals surface area contributed by atoms with Gasteiger partial charge in [0.2, 0.25) is 0 Å².